The summed E-state index contributed by atoms with van der Waals surface area (Å²) >= 11 is 0. The third-order valence-electron chi connectivity index (χ3n) is 2.81. The number of carbonyl (C=O) groups excluding carboxylic acids is 2. The smallest absolute Gasteiger partial charge is 0.354 e. The van der Waals surface area contributed by atoms with Gasteiger partial charge in [0.15, 0.2) is 0 Å². The molecule has 7 heteroatoms. The van der Waals surface area contributed by atoms with E-state index in [1.165, 1.54) is 25.4 Å². The summed E-state index contributed by atoms with van der Waals surface area (Å²) < 4.78 is 22.7. The molecule has 2 rings (SSSR count). The van der Waals surface area contributed by atoms with Crippen LogP contribution in [0.25, 0.3) is 10.9 Å². The molecule has 0 amide bonds. The number of esters is 2. The first-order valence-corrected chi connectivity index (χ1v) is 6.24. The standard InChI is InChI=1S/C15H13FN2O4/c1-21-13(19)8-12(15(20)22-2)18-11-7-10(16)6-9-4-3-5-17-14(9)11/h3-8,18H,1-2H3. The quantitative estimate of drug-likeness (QED) is 0.688. The van der Waals surface area contributed by atoms with Crippen LogP contribution in [-0.2, 0) is 19.1 Å². The molecule has 0 aliphatic carbocycles. The molecule has 0 radical (unpaired) electrons. The third kappa shape index (κ3) is 3.38. The molecule has 0 aliphatic heterocycles. The Hall–Kier alpha value is -2.96. The molecule has 0 saturated heterocycles. The molecule has 0 saturated carbocycles. The largest absolute Gasteiger partial charge is 0.466 e. The Bertz CT molecular complexity index is 758. The van der Waals surface area contributed by atoms with E-state index < -0.39 is 17.8 Å². The van der Waals surface area contributed by atoms with Crippen LogP contribution < -0.4 is 5.32 Å². The van der Waals surface area contributed by atoms with Crippen molar-refractivity contribution in [3.8, 4) is 0 Å². The highest BCUT2D eigenvalue weighted by atomic mass is 19.1. The number of nitrogens with zero attached hydrogens (tertiary/aromatic N) is 1. The number of benzene rings is 1. The van der Waals surface area contributed by atoms with E-state index in [1.54, 1.807) is 12.1 Å². The summed E-state index contributed by atoms with van der Waals surface area (Å²) in [6.45, 7) is 0. The molecule has 1 aromatic carbocycles. The molecule has 0 fully saturated rings. The van der Waals surface area contributed by atoms with Crippen LogP contribution in [0.5, 0.6) is 0 Å². The van der Waals surface area contributed by atoms with Crippen LogP contribution in [0, 0.1) is 5.82 Å². The maximum Gasteiger partial charge on any atom is 0.354 e. The summed E-state index contributed by atoms with van der Waals surface area (Å²) in [5.41, 5.74) is 0.492. The number of halogens is 1. The maximum atomic E-state index is 13.7. The van der Waals surface area contributed by atoms with Gasteiger partial charge in [0.05, 0.1) is 31.5 Å². The van der Waals surface area contributed by atoms with Gasteiger partial charge in [0.2, 0.25) is 0 Å². The van der Waals surface area contributed by atoms with E-state index in [0.717, 1.165) is 13.2 Å². The van der Waals surface area contributed by atoms with Gasteiger partial charge in [0.1, 0.15) is 11.5 Å². The van der Waals surface area contributed by atoms with Crippen LogP contribution >= 0.6 is 0 Å². The zero-order valence-corrected chi connectivity index (χ0v) is 11.9. The number of carbonyl (C=O) groups is 2. The van der Waals surface area contributed by atoms with Crippen LogP contribution in [0.2, 0.25) is 0 Å². The minimum Gasteiger partial charge on any atom is -0.466 e. The zero-order valence-electron chi connectivity index (χ0n) is 11.9. The predicted octanol–water partition coefficient (Wildman–Crippen LogP) is 2.02. The lowest BCUT2D eigenvalue weighted by Crippen LogP contribution is -2.16. The molecule has 1 aromatic heterocycles. The minimum atomic E-state index is -0.793. The SMILES string of the molecule is COC(=O)C=C(Nc1cc(F)cc2cccnc12)C(=O)OC. The Balaban J connectivity index is 2.48. The summed E-state index contributed by atoms with van der Waals surface area (Å²) in [7, 11) is 2.34. The highest BCUT2D eigenvalue weighted by molar-refractivity contribution is 6.01. The van der Waals surface area contributed by atoms with E-state index in [1.807, 2.05) is 0 Å². The number of rotatable bonds is 4. The Kier molecular flexibility index (Phi) is 4.67. The molecule has 1 N–H and O–H groups in total. The van der Waals surface area contributed by atoms with Crippen LogP contribution in [0.4, 0.5) is 10.1 Å². The zero-order chi connectivity index (χ0) is 16.1. The molecule has 6 nitrogen and oxygen atoms in total. The molecule has 0 atom stereocenters. The molecule has 22 heavy (non-hydrogen) atoms. The Morgan fingerprint density at radius 3 is 2.73 bits per heavy atom. The van der Waals surface area contributed by atoms with Gasteiger partial charge in [-0.2, -0.15) is 0 Å². The number of fused-ring (bicyclic) bond motifs is 1. The number of ether oxygens (including phenoxy) is 2. The van der Waals surface area contributed by atoms with Crippen molar-refractivity contribution in [3.63, 3.8) is 0 Å². The molecule has 0 bridgehead atoms. The molecule has 0 unspecified atom stereocenters. The third-order valence-corrected chi connectivity index (χ3v) is 2.81. The Morgan fingerprint density at radius 2 is 2.05 bits per heavy atom. The lowest BCUT2D eigenvalue weighted by atomic mass is 10.2. The van der Waals surface area contributed by atoms with Gasteiger partial charge in [-0.1, -0.05) is 6.07 Å². The van der Waals surface area contributed by atoms with Gasteiger partial charge in [-0.25, -0.2) is 14.0 Å². The second kappa shape index (κ2) is 6.66. The van der Waals surface area contributed by atoms with Gasteiger partial charge in [-0.3, -0.25) is 4.98 Å². The summed E-state index contributed by atoms with van der Waals surface area (Å²) in [6, 6.07) is 5.83. The molecule has 0 spiro atoms. The summed E-state index contributed by atoms with van der Waals surface area (Å²) in [4.78, 5) is 27.2. The lowest BCUT2D eigenvalue weighted by Gasteiger charge is -2.11. The first-order chi connectivity index (χ1) is 10.5. The normalized spacial score (nSPS) is 11.1. The Labute approximate surface area is 125 Å². The van der Waals surface area contributed by atoms with E-state index in [9.17, 15) is 14.0 Å². The number of anilines is 1. The van der Waals surface area contributed by atoms with Gasteiger partial charge in [0.25, 0.3) is 0 Å². The summed E-state index contributed by atoms with van der Waals surface area (Å²) in [6.07, 6.45) is 2.46. The highest BCUT2D eigenvalue weighted by Gasteiger charge is 2.15. The van der Waals surface area contributed by atoms with Gasteiger partial charge < -0.3 is 14.8 Å². The maximum absolute atomic E-state index is 13.7. The van der Waals surface area contributed by atoms with Crippen molar-refractivity contribution in [2.45, 2.75) is 0 Å². The van der Waals surface area contributed by atoms with Crippen molar-refractivity contribution in [1.29, 1.82) is 0 Å². The van der Waals surface area contributed by atoms with Crippen LogP contribution in [0.1, 0.15) is 0 Å². The van der Waals surface area contributed by atoms with Crippen molar-refractivity contribution < 1.29 is 23.5 Å². The van der Waals surface area contributed by atoms with Gasteiger partial charge in [-0.15, -0.1) is 0 Å². The second-order valence-corrected chi connectivity index (χ2v) is 4.23. The molecule has 1 heterocycles. The van der Waals surface area contributed by atoms with Crippen LogP contribution in [0.3, 0.4) is 0 Å². The van der Waals surface area contributed by atoms with Crippen molar-refractivity contribution >= 4 is 28.5 Å². The number of nitrogens with one attached hydrogen (secondary N) is 1. The molecular formula is C15H13FN2O4. The average Bonchev–Trinajstić information content (AvgIpc) is 2.53. The van der Waals surface area contributed by atoms with E-state index >= 15 is 0 Å². The number of hydrogen-bond donors (Lipinski definition) is 1. The minimum absolute atomic E-state index is 0.188. The predicted molar refractivity (Wildman–Crippen MR) is 77.4 cm³/mol. The van der Waals surface area contributed by atoms with Crippen molar-refractivity contribution in [3.05, 3.63) is 48.1 Å². The molecule has 2 aromatic rings. The lowest BCUT2D eigenvalue weighted by molar-refractivity contribution is -0.138. The number of aromatic nitrogens is 1. The van der Waals surface area contributed by atoms with Gasteiger partial charge >= 0.3 is 11.9 Å². The molecule has 114 valence electrons. The van der Waals surface area contributed by atoms with E-state index in [2.05, 4.69) is 19.8 Å². The van der Waals surface area contributed by atoms with Gasteiger partial charge in [-0.05, 0) is 18.2 Å². The summed E-state index contributed by atoms with van der Waals surface area (Å²) in [5, 5.41) is 3.21. The molecule has 0 aliphatic rings. The van der Waals surface area contributed by atoms with Crippen molar-refractivity contribution in [2.75, 3.05) is 19.5 Å². The first-order valence-electron chi connectivity index (χ1n) is 6.24. The van der Waals surface area contributed by atoms with E-state index in [-0.39, 0.29) is 11.4 Å². The fourth-order valence-electron chi connectivity index (χ4n) is 1.83. The van der Waals surface area contributed by atoms with Crippen molar-refractivity contribution in [1.82, 2.24) is 4.98 Å². The van der Waals surface area contributed by atoms with Crippen molar-refractivity contribution in [2.24, 2.45) is 0 Å². The van der Waals surface area contributed by atoms with Crippen LogP contribution in [0.15, 0.2) is 42.2 Å². The second-order valence-electron chi connectivity index (χ2n) is 4.23. The number of pyridine rings is 1. The van der Waals surface area contributed by atoms with Gasteiger partial charge in [0, 0.05) is 11.6 Å². The summed E-state index contributed by atoms with van der Waals surface area (Å²) in [5.74, 6) is -2.05. The van der Waals surface area contributed by atoms with E-state index in [4.69, 9.17) is 0 Å². The van der Waals surface area contributed by atoms with E-state index in [0.29, 0.717) is 10.9 Å². The number of hydrogen-bond acceptors (Lipinski definition) is 6. The van der Waals surface area contributed by atoms with Crippen LogP contribution in [-0.4, -0.2) is 31.1 Å². The number of methoxy groups -OCH3 is 2. The fraction of sp³-hybridized carbons (Fsp3) is 0.133. The monoisotopic (exact) mass is 304 g/mol. The average molecular weight is 304 g/mol. The molecular weight excluding hydrogens is 291 g/mol. The highest BCUT2D eigenvalue weighted by Crippen LogP contribution is 2.24. The fourth-order valence-corrected chi connectivity index (χ4v) is 1.83. The topological polar surface area (TPSA) is 77.5 Å². The first kappa shape index (κ1) is 15.4. The Morgan fingerprint density at radius 1 is 1.27 bits per heavy atom.